The van der Waals surface area contributed by atoms with Crippen LogP contribution >= 0.6 is 0 Å². The molecule has 5 heteroatoms. The van der Waals surface area contributed by atoms with Crippen LogP contribution < -0.4 is 11.1 Å². The van der Waals surface area contributed by atoms with Gasteiger partial charge in [-0.25, -0.2) is 4.39 Å². The van der Waals surface area contributed by atoms with Gasteiger partial charge in [0.2, 0.25) is 0 Å². The van der Waals surface area contributed by atoms with Crippen LogP contribution in [0.15, 0.2) is 23.4 Å². The number of hydrogen-bond acceptors (Lipinski definition) is 3. The standard InChI is InChI=1S/C13H18FN3O/c1-9-2-3-10(6-11(9)14)16-8-13(4-5-13)7-12(15)17-18/h2-3,6,16,18H,4-5,7-8H2,1H3,(H2,15,17). The fourth-order valence-electron chi connectivity index (χ4n) is 2.00. The van der Waals surface area contributed by atoms with Gasteiger partial charge < -0.3 is 16.3 Å². The Kier molecular flexibility index (Phi) is 3.41. The van der Waals surface area contributed by atoms with Crippen molar-refractivity contribution in [3.8, 4) is 0 Å². The maximum absolute atomic E-state index is 13.4. The molecule has 4 nitrogen and oxygen atoms in total. The Morgan fingerprint density at radius 3 is 2.83 bits per heavy atom. The number of nitrogens with two attached hydrogens (primary N) is 1. The monoisotopic (exact) mass is 251 g/mol. The van der Waals surface area contributed by atoms with Crippen LogP contribution in [0.3, 0.4) is 0 Å². The van der Waals surface area contributed by atoms with Crippen LogP contribution in [0.5, 0.6) is 0 Å². The SMILES string of the molecule is Cc1ccc(NCC2(CC(N)=NO)CC2)cc1F. The highest BCUT2D eigenvalue weighted by atomic mass is 19.1. The van der Waals surface area contributed by atoms with E-state index < -0.39 is 0 Å². The maximum atomic E-state index is 13.4. The van der Waals surface area contributed by atoms with E-state index in [1.807, 2.05) is 6.07 Å². The highest BCUT2D eigenvalue weighted by Gasteiger charge is 2.43. The minimum atomic E-state index is -0.207. The number of nitrogens with zero attached hydrogens (tertiary/aromatic N) is 1. The topological polar surface area (TPSA) is 70.6 Å². The van der Waals surface area contributed by atoms with E-state index in [0.717, 1.165) is 18.5 Å². The Balaban J connectivity index is 1.93. The Bertz CT molecular complexity index is 469. The van der Waals surface area contributed by atoms with Gasteiger partial charge in [-0.15, -0.1) is 0 Å². The van der Waals surface area contributed by atoms with Crippen LogP contribution in [0.4, 0.5) is 10.1 Å². The van der Waals surface area contributed by atoms with Gasteiger partial charge in [-0.2, -0.15) is 0 Å². The number of anilines is 1. The highest BCUT2D eigenvalue weighted by molar-refractivity contribution is 5.80. The van der Waals surface area contributed by atoms with E-state index in [0.29, 0.717) is 18.5 Å². The first kappa shape index (κ1) is 12.7. The average molecular weight is 251 g/mol. The summed E-state index contributed by atoms with van der Waals surface area (Å²) in [6, 6.07) is 5.10. The molecule has 1 aliphatic rings. The van der Waals surface area contributed by atoms with Crippen molar-refractivity contribution in [1.82, 2.24) is 0 Å². The molecule has 1 fully saturated rings. The van der Waals surface area contributed by atoms with Gasteiger partial charge in [0, 0.05) is 18.7 Å². The predicted molar refractivity (Wildman–Crippen MR) is 69.3 cm³/mol. The third-order valence-electron chi connectivity index (χ3n) is 3.48. The number of aryl methyl sites for hydroxylation is 1. The summed E-state index contributed by atoms with van der Waals surface area (Å²) in [6.07, 6.45) is 2.67. The summed E-state index contributed by atoms with van der Waals surface area (Å²) in [5.74, 6) is 0.0469. The fourth-order valence-corrected chi connectivity index (χ4v) is 2.00. The van der Waals surface area contributed by atoms with E-state index in [1.54, 1.807) is 13.0 Å². The summed E-state index contributed by atoms with van der Waals surface area (Å²) in [5.41, 5.74) is 7.00. The third-order valence-corrected chi connectivity index (χ3v) is 3.48. The number of nitrogens with one attached hydrogen (secondary N) is 1. The molecule has 0 amide bonds. The molecule has 0 spiro atoms. The van der Waals surface area contributed by atoms with Crippen molar-refractivity contribution in [1.29, 1.82) is 0 Å². The Morgan fingerprint density at radius 2 is 2.28 bits per heavy atom. The van der Waals surface area contributed by atoms with E-state index in [1.165, 1.54) is 6.07 Å². The summed E-state index contributed by atoms with van der Waals surface area (Å²) < 4.78 is 13.4. The summed E-state index contributed by atoms with van der Waals surface area (Å²) in [4.78, 5) is 0. The maximum Gasteiger partial charge on any atom is 0.139 e. The quantitative estimate of drug-likeness (QED) is 0.326. The van der Waals surface area contributed by atoms with Gasteiger partial charge in [-0.1, -0.05) is 11.2 Å². The molecule has 0 bridgehead atoms. The van der Waals surface area contributed by atoms with Gasteiger partial charge >= 0.3 is 0 Å². The lowest BCUT2D eigenvalue weighted by atomic mass is 10.0. The largest absolute Gasteiger partial charge is 0.409 e. The molecule has 98 valence electrons. The zero-order valence-corrected chi connectivity index (χ0v) is 10.4. The van der Waals surface area contributed by atoms with Gasteiger partial charge in [0.25, 0.3) is 0 Å². The van der Waals surface area contributed by atoms with Gasteiger partial charge in [0.05, 0.1) is 0 Å². The van der Waals surface area contributed by atoms with E-state index >= 15 is 0 Å². The van der Waals surface area contributed by atoms with Crippen LogP contribution in [0.1, 0.15) is 24.8 Å². The van der Waals surface area contributed by atoms with E-state index in [2.05, 4.69) is 10.5 Å². The second kappa shape index (κ2) is 4.84. The molecule has 0 radical (unpaired) electrons. The number of benzene rings is 1. The number of amidine groups is 1. The van der Waals surface area contributed by atoms with Crippen molar-refractivity contribution < 1.29 is 9.60 Å². The number of oxime groups is 1. The first-order valence-corrected chi connectivity index (χ1v) is 6.01. The molecule has 0 heterocycles. The fraction of sp³-hybridized carbons (Fsp3) is 0.462. The minimum Gasteiger partial charge on any atom is -0.409 e. The van der Waals surface area contributed by atoms with Gasteiger partial charge in [-0.05, 0) is 42.9 Å². The number of rotatable bonds is 5. The Morgan fingerprint density at radius 1 is 1.56 bits per heavy atom. The predicted octanol–water partition coefficient (Wildman–Crippen LogP) is 2.46. The summed E-state index contributed by atoms with van der Waals surface area (Å²) in [7, 11) is 0. The second-order valence-corrected chi connectivity index (χ2v) is 5.09. The van der Waals surface area contributed by atoms with E-state index in [-0.39, 0.29) is 17.1 Å². The lowest BCUT2D eigenvalue weighted by molar-refractivity contribution is 0.315. The van der Waals surface area contributed by atoms with E-state index in [4.69, 9.17) is 10.9 Å². The van der Waals surface area contributed by atoms with Crippen LogP contribution in [0.25, 0.3) is 0 Å². The zero-order valence-electron chi connectivity index (χ0n) is 10.4. The number of halogens is 1. The van der Waals surface area contributed by atoms with E-state index in [9.17, 15) is 4.39 Å². The highest BCUT2D eigenvalue weighted by Crippen LogP contribution is 2.48. The molecule has 1 aliphatic carbocycles. The normalized spacial score (nSPS) is 17.6. The molecular formula is C13H18FN3O. The molecule has 1 aromatic carbocycles. The molecule has 0 aliphatic heterocycles. The minimum absolute atomic E-state index is 0.0671. The molecule has 18 heavy (non-hydrogen) atoms. The van der Waals surface area contributed by atoms with Crippen molar-refractivity contribution in [3.63, 3.8) is 0 Å². The Hall–Kier alpha value is -1.78. The molecule has 0 atom stereocenters. The van der Waals surface area contributed by atoms with Crippen LogP contribution in [-0.2, 0) is 0 Å². The van der Waals surface area contributed by atoms with Crippen molar-refractivity contribution in [2.45, 2.75) is 26.2 Å². The lowest BCUT2D eigenvalue weighted by Crippen LogP contribution is -2.23. The summed E-state index contributed by atoms with van der Waals surface area (Å²) >= 11 is 0. The van der Waals surface area contributed by atoms with Crippen molar-refractivity contribution in [2.24, 2.45) is 16.3 Å². The van der Waals surface area contributed by atoms with Gasteiger partial charge in [0.1, 0.15) is 11.7 Å². The van der Waals surface area contributed by atoms with Crippen molar-refractivity contribution in [3.05, 3.63) is 29.6 Å². The molecular weight excluding hydrogens is 233 g/mol. The molecule has 0 aromatic heterocycles. The van der Waals surface area contributed by atoms with Crippen LogP contribution in [-0.4, -0.2) is 17.6 Å². The lowest BCUT2D eigenvalue weighted by Gasteiger charge is -2.16. The van der Waals surface area contributed by atoms with Crippen molar-refractivity contribution in [2.75, 3.05) is 11.9 Å². The summed E-state index contributed by atoms with van der Waals surface area (Å²) in [6.45, 7) is 2.45. The van der Waals surface area contributed by atoms with Crippen LogP contribution in [0, 0.1) is 18.2 Å². The molecule has 0 saturated heterocycles. The molecule has 2 rings (SSSR count). The zero-order chi connectivity index (χ0) is 13.2. The first-order valence-electron chi connectivity index (χ1n) is 6.01. The Labute approximate surface area is 106 Å². The van der Waals surface area contributed by atoms with Gasteiger partial charge in [-0.3, -0.25) is 0 Å². The van der Waals surface area contributed by atoms with Crippen molar-refractivity contribution >= 4 is 11.5 Å². The van der Waals surface area contributed by atoms with Crippen LogP contribution in [0.2, 0.25) is 0 Å². The summed E-state index contributed by atoms with van der Waals surface area (Å²) in [5, 5.41) is 14.8. The number of hydrogen-bond donors (Lipinski definition) is 3. The first-order chi connectivity index (χ1) is 8.54. The molecule has 1 saturated carbocycles. The molecule has 0 unspecified atom stereocenters. The molecule has 4 N–H and O–H groups in total. The second-order valence-electron chi connectivity index (χ2n) is 5.09. The molecule has 1 aromatic rings. The smallest absolute Gasteiger partial charge is 0.139 e. The van der Waals surface area contributed by atoms with Gasteiger partial charge in [0.15, 0.2) is 0 Å². The average Bonchev–Trinajstić information content (AvgIpc) is 3.11. The third kappa shape index (κ3) is 2.91.